The van der Waals surface area contributed by atoms with E-state index in [2.05, 4.69) is 12.2 Å². The van der Waals surface area contributed by atoms with Gasteiger partial charge in [-0.1, -0.05) is 6.42 Å². The van der Waals surface area contributed by atoms with E-state index >= 15 is 0 Å². The number of nitrogens with zero attached hydrogens (tertiary/aromatic N) is 1. The summed E-state index contributed by atoms with van der Waals surface area (Å²) in [6.45, 7) is 3.72. The molecule has 0 amide bonds. The van der Waals surface area contributed by atoms with Crippen LogP contribution in [0.5, 0.6) is 0 Å². The van der Waals surface area contributed by atoms with Crippen LogP contribution in [0.25, 0.3) is 0 Å². The number of alkyl halides is 3. The number of hydrogen-bond donors (Lipinski definition) is 1. The van der Waals surface area contributed by atoms with E-state index < -0.39 is 12.1 Å². The third kappa shape index (κ3) is 3.13. The first kappa shape index (κ1) is 13.1. The Labute approximate surface area is 101 Å². The molecule has 5 heteroatoms. The topological polar surface area (TPSA) is 15.3 Å². The molecule has 2 atom stereocenters. The highest BCUT2D eigenvalue weighted by Gasteiger charge is 2.42. The summed E-state index contributed by atoms with van der Waals surface area (Å²) in [5.74, 6) is -0.602. The smallest absolute Gasteiger partial charge is 0.315 e. The Balaban J connectivity index is 1.96. The number of halogens is 3. The third-order valence-corrected chi connectivity index (χ3v) is 4.29. The summed E-state index contributed by atoms with van der Waals surface area (Å²) >= 11 is 0. The van der Waals surface area contributed by atoms with Crippen LogP contribution in [0.3, 0.4) is 0 Å². The van der Waals surface area contributed by atoms with Gasteiger partial charge in [-0.25, -0.2) is 0 Å². The number of rotatable bonds is 2. The molecule has 2 fully saturated rings. The van der Waals surface area contributed by atoms with Crippen LogP contribution in [0.4, 0.5) is 13.2 Å². The van der Waals surface area contributed by atoms with Gasteiger partial charge in [0.15, 0.2) is 0 Å². The molecule has 2 unspecified atom stereocenters. The molecule has 1 N–H and O–H groups in total. The van der Waals surface area contributed by atoms with Gasteiger partial charge in [-0.3, -0.25) is 4.90 Å². The Kier molecular flexibility index (Phi) is 3.98. The van der Waals surface area contributed by atoms with Crippen molar-refractivity contribution in [1.29, 1.82) is 0 Å². The van der Waals surface area contributed by atoms with Crippen molar-refractivity contribution < 1.29 is 13.2 Å². The average molecular weight is 250 g/mol. The van der Waals surface area contributed by atoms with Crippen molar-refractivity contribution >= 4 is 0 Å². The molecule has 1 heterocycles. The fourth-order valence-electron chi connectivity index (χ4n) is 2.75. The SMILES string of the molecule is CC(C1CCC1)N1CCNCC(C(F)(F)F)C1. The van der Waals surface area contributed by atoms with Crippen molar-refractivity contribution in [1.82, 2.24) is 10.2 Å². The van der Waals surface area contributed by atoms with Crippen molar-refractivity contribution in [2.45, 2.75) is 38.4 Å². The van der Waals surface area contributed by atoms with Gasteiger partial charge in [-0.15, -0.1) is 0 Å². The molecule has 0 spiro atoms. The zero-order valence-electron chi connectivity index (χ0n) is 10.3. The molecule has 0 aromatic rings. The van der Waals surface area contributed by atoms with Gasteiger partial charge in [-0.05, 0) is 25.7 Å². The summed E-state index contributed by atoms with van der Waals surface area (Å²) in [4.78, 5) is 2.03. The molecule has 100 valence electrons. The van der Waals surface area contributed by atoms with Crippen LogP contribution in [0.15, 0.2) is 0 Å². The van der Waals surface area contributed by atoms with Crippen molar-refractivity contribution in [2.24, 2.45) is 11.8 Å². The molecule has 1 aliphatic carbocycles. The minimum Gasteiger partial charge on any atom is -0.315 e. The van der Waals surface area contributed by atoms with Crippen LogP contribution in [-0.2, 0) is 0 Å². The first-order chi connectivity index (χ1) is 7.98. The van der Waals surface area contributed by atoms with E-state index in [1.165, 1.54) is 19.3 Å². The molecule has 0 bridgehead atoms. The molecule has 1 saturated carbocycles. The molecule has 0 aromatic heterocycles. The summed E-state index contributed by atoms with van der Waals surface area (Å²) in [5.41, 5.74) is 0. The molecule has 0 aromatic carbocycles. The van der Waals surface area contributed by atoms with Gasteiger partial charge in [-0.2, -0.15) is 13.2 Å². The van der Waals surface area contributed by atoms with Crippen molar-refractivity contribution in [3.05, 3.63) is 0 Å². The van der Waals surface area contributed by atoms with E-state index in [-0.39, 0.29) is 13.1 Å². The van der Waals surface area contributed by atoms with Crippen molar-refractivity contribution in [3.8, 4) is 0 Å². The molecule has 2 aliphatic rings. The quantitative estimate of drug-likeness (QED) is 0.808. The lowest BCUT2D eigenvalue weighted by molar-refractivity contribution is -0.177. The standard InChI is InChI=1S/C12H21F3N2/c1-9(10-3-2-4-10)17-6-5-16-7-11(8-17)12(13,14)15/h9-11,16H,2-8H2,1H3. The van der Waals surface area contributed by atoms with E-state index in [1.54, 1.807) is 0 Å². The molecule has 1 saturated heterocycles. The minimum atomic E-state index is -4.07. The maximum Gasteiger partial charge on any atom is 0.394 e. The molecule has 1 aliphatic heterocycles. The third-order valence-electron chi connectivity index (χ3n) is 4.29. The van der Waals surface area contributed by atoms with Gasteiger partial charge < -0.3 is 5.32 Å². The highest BCUT2D eigenvalue weighted by molar-refractivity contribution is 4.86. The van der Waals surface area contributed by atoms with Crippen molar-refractivity contribution in [2.75, 3.05) is 26.2 Å². The molecule has 0 radical (unpaired) electrons. The van der Waals surface area contributed by atoms with Crippen LogP contribution in [0, 0.1) is 11.8 Å². The first-order valence-corrected chi connectivity index (χ1v) is 6.50. The first-order valence-electron chi connectivity index (χ1n) is 6.50. The maximum atomic E-state index is 12.8. The van der Waals surface area contributed by atoms with Gasteiger partial charge in [0.05, 0.1) is 5.92 Å². The lowest BCUT2D eigenvalue weighted by Gasteiger charge is -2.39. The van der Waals surface area contributed by atoms with Gasteiger partial charge in [0, 0.05) is 32.2 Å². The van der Waals surface area contributed by atoms with Gasteiger partial charge in [0.1, 0.15) is 0 Å². The predicted molar refractivity (Wildman–Crippen MR) is 60.8 cm³/mol. The molecular weight excluding hydrogens is 229 g/mol. The largest absolute Gasteiger partial charge is 0.394 e. The second kappa shape index (κ2) is 5.14. The van der Waals surface area contributed by atoms with Crippen LogP contribution < -0.4 is 5.32 Å². The second-order valence-electron chi connectivity index (χ2n) is 5.37. The van der Waals surface area contributed by atoms with Crippen molar-refractivity contribution in [3.63, 3.8) is 0 Å². The van der Waals surface area contributed by atoms with Gasteiger partial charge in [0.2, 0.25) is 0 Å². The Morgan fingerprint density at radius 2 is 2.00 bits per heavy atom. The van der Waals surface area contributed by atoms with Crippen LogP contribution >= 0.6 is 0 Å². The summed E-state index contributed by atoms with van der Waals surface area (Å²) in [5, 5.41) is 2.90. The van der Waals surface area contributed by atoms with Crippen LogP contribution in [0.2, 0.25) is 0 Å². The lowest BCUT2D eigenvalue weighted by Crippen LogP contribution is -2.46. The second-order valence-corrected chi connectivity index (χ2v) is 5.37. The molecular formula is C12H21F3N2. The Bertz CT molecular complexity index is 251. The highest BCUT2D eigenvalue weighted by Crippen LogP contribution is 2.34. The van der Waals surface area contributed by atoms with E-state index in [0.717, 1.165) is 6.54 Å². The van der Waals surface area contributed by atoms with Gasteiger partial charge in [0.25, 0.3) is 0 Å². The summed E-state index contributed by atoms with van der Waals surface area (Å²) in [7, 11) is 0. The fraction of sp³-hybridized carbons (Fsp3) is 1.00. The Hall–Kier alpha value is -0.290. The monoisotopic (exact) mass is 250 g/mol. The fourth-order valence-corrected chi connectivity index (χ4v) is 2.75. The Morgan fingerprint density at radius 1 is 1.29 bits per heavy atom. The summed E-state index contributed by atoms with van der Waals surface area (Å²) in [6.07, 6.45) is -0.470. The maximum absolute atomic E-state index is 12.8. The zero-order valence-corrected chi connectivity index (χ0v) is 10.3. The normalized spacial score (nSPS) is 30.7. The lowest BCUT2D eigenvalue weighted by atomic mass is 9.79. The van der Waals surface area contributed by atoms with E-state index in [1.807, 2.05) is 4.90 Å². The summed E-state index contributed by atoms with van der Waals surface area (Å²) < 4.78 is 38.4. The van der Waals surface area contributed by atoms with Gasteiger partial charge >= 0.3 is 6.18 Å². The number of nitrogens with one attached hydrogen (secondary N) is 1. The van der Waals surface area contributed by atoms with E-state index in [9.17, 15) is 13.2 Å². The van der Waals surface area contributed by atoms with E-state index in [4.69, 9.17) is 0 Å². The molecule has 2 rings (SSSR count). The van der Waals surface area contributed by atoms with E-state index in [0.29, 0.717) is 18.5 Å². The molecule has 17 heavy (non-hydrogen) atoms. The minimum absolute atomic E-state index is 0.0669. The summed E-state index contributed by atoms with van der Waals surface area (Å²) in [6, 6.07) is 0.300. The van der Waals surface area contributed by atoms with Crippen LogP contribution in [-0.4, -0.2) is 43.3 Å². The average Bonchev–Trinajstić information content (AvgIpc) is 2.38. The van der Waals surface area contributed by atoms with Crippen LogP contribution in [0.1, 0.15) is 26.2 Å². The number of hydrogen-bond acceptors (Lipinski definition) is 2. The molecule has 2 nitrogen and oxygen atoms in total. The highest BCUT2D eigenvalue weighted by atomic mass is 19.4. The zero-order chi connectivity index (χ0) is 12.5. The predicted octanol–water partition coefficient (Wildman–Crippen LogP) is 2.26. The Morgan fingerprint density at radius 3 is 2.53 bits per heavy atom.